The fourth-order valence-electron chi connectivity index (χ4n) is 3.74. The molecule has 1 saturated carbocycles. The number of nitrogens with one attached hydrogen (secondary N) is 1. The molecule has 0 aromatic rings. The van der Waals surface area contributed by atoms with Gasteiger partial charge in [0.05, 0.1) is 24.5 Å². The van der Waals surface area contributed by atoms with Crippen LogP contribution in [0.4, 0.5) is 0 Å². The smallest absolute Gasteiger partial charge is 0.335 e. The third-order valence-electron chi connectivity index (χ3n) is 5.61. The van der Waals surface area contributed by atoms with Gasteiger partial charge < -0.3 is 20.1 Å². The van der Waals surface area contributed by atoms with Crippen molar-refractivity contribution in [2.75, 3.05) is 20.2 Å². The summed E-state index contributed by atoms with van der Waals surface area (Å²) in [7, 11) is 1.72. The van der Waals surface area contributed by atoms with Crippen LogP contribution in [-0.2, 0) is 19.1 Å². The lowest BCUT2D eigenvalue weighted by Crippen LogP contribution is -2.55. The van der Waals surface area contributed by atoms with Crippen LogP contribution in [0.15, 0.2) is 25.3 Å². The first-order chi connectivity index (χ1) is 13.8. The molecule has 0 heterocycles. The lowest BCUT2D eigenvalue weighted by Gasteiger charge is -2.31. The topological polar surface area (TPSA) is 95.9 Å². The van der Waals surface area contributed by atoms with E-state index in [1.54, 1.807) is 25.8 Å². The Morgan fingerprint density at radius 3 is 2.41 bits per heavy atom. The van der Waals surface area contributed by atoms with Crippen LogP contribution in [0.1, 0.15) is 52.4 Å². The summed E-state index contributed by atoms with van der Waals surface area (Å²) >= 11 is 0. The van der Waals surface area contributed by atoms with Gasteiger partial charge in [-0.2, -0.15) is 0 Å². The van der Waals surface area contributed by atoms with E-state index in [0.29, 0.717) is 6.54 Å². The Bertz CT molecular complexity index is 606. The Kier molecular flexibility index (Phi) is 10.1. The van der Waals surface area contributed by atoms with Gasteiger partial charge >= 0.3 is 5.97 Å². The summed E-state index contributed by atoms with van der Waals surface area (Å²) in [6, 6.07) is 0. The summed E-state index contributed by atoms with van der Waals surface area (Å²) in [6.45, 7) is 11.6. The van der Waals surface area contributed by atoms with Crippen molar-refractivity contribution in [2.45, 2.75) is 64.0 Å². The molecule has 2 N–H and O–H groups in total. The third-order valence-corrected chi connectivity index (χ3v) is 5.61. The first kappa shape index (κ1) is 24.9. The molecule has 29 heavy (non-hydrogen) atoms. The standard InChI is InChI=1S/C22H36N2O5/c1-6-10-11-12-13-24(5)20(27)18-15-16(25)14-17(18)19(26)23-22(7-2,8-3)21(28)29-9-4/h6-7,16-18,25H,1-2,8-15H2,3-5H3,(H,23,26)/t16-,17-,18-,22?/m1/s1. The molecule has 0 aromatic carbocycles. The molecule has 1 rings (SSSR count). The Hall–Kier alpha value is -2.15. The minimum absolute atomic E-state index is 0.155. The van der Waals surface area contributed by atoms with Gasteiger partial charge in [0.25, 0.3) is 0 Å². The second kappa shape index (κ2) is 11.8. The summed E-state index contributed by atoms with van der Waals surface area (Å²) in [6.07, 6.45) is 5.87. The number of allylic oxidation sites excluding steroid dienone is 1. The molecule has 1 aliphatic rings. The van der Waals surface area contributed by atoms with Gasteiger partial charge in [0.2, 0.25) is 11.8 Å². The van der Waals surface area contributed by atoms with Crippen LogP contribution < -0.4 is 5.32 Å². The zero-order chi connectivity index (χ0) is 22.0. The number of rotatable bonds is 12. The first-order valence-corrected chi connectivity index (χ1v) is 10.4. The number of ether oxygens (including phenoxy) is 1. The summed E-state index contributed by atoms with van der Waals surface area (Å²) in [5.74, 6) is -2.48. The molecular formula is C22H36N2O5. The fourth-order valence-corrected chi connectivity index (χ4v) is 3.74. The van der Waals surface area contributed by atoms with E-state index < -0.39 is 35.4 Å². The number of carbonyl (C=O) groups is 3. The van der Waals surface area contributed by atoms with E-state index in [1.165, 1.54) is 6.08 Å². The van der Waals surface area contributed by atoms with Crippen LogP contribution >= 0.6 is 0 Å². The van der Waals surface area contributed by atoms with Crippen LogP contribution in [0.3, 0.4) is 0 Å². The highest BCUT2D eigenvalue weighted by Crippen LogP contribution is 2.34. The van der Waals surface area contributed by atoms with Gasteiger partial charge in [-0.3, -0.25) is 9.59 Å². The lowest BCUT2D eigenvalue weighted by molar-refractivity contribution is -0.152. The van der Waals surface area contributed by atoms with Gasteiger partial charge in [0.15, 0.2) is 5.54 Å². The van der Waals surface area contributed by atoms with Crippen molar-refractivity contribution in [3.8, 4) is 0 Å². The minimum Gasteiger partial charge on any atom is -0.464 e. The molecule has 4 atom stereocenters. The monoisotopic (exact) mass is 408 g/mol. The average molecular weight is 409 g/mol. The molecule has 0 spiro atoms. The van der Waals surface area contributed by atoms with E-state index in [2.05, 4.69) is 18.5 Å². The van der Waals surface area contributed by atoms with Gasteiger partial charge in [0, 0.05) is 13.6 Å². The summed E-state index contributed by atoms with van der Waals surface area (Å²) in [4.78, 5) is 39.9. The van der Waals surface area contributed by atoms with Crippen LogP contribution in [0.5, 0.6) is 0 Å². The molecule has 0 aromatic heterocycles. The Balaban J connectivity index is 2.89. The van der Waals surface area contributed by atoms with Crippen molar-refractivity contribution < 1.29 is 24.2 Å². The summed E-state index contributed by atoms with van der Waals surface area (Å²) < 4.78 is 5.09. The van der Waals surface area contributed by atoms with E-state index in [1.807, 2.05) is 6.08 Å². The van der Waals surface area contributed by atoms with Crippen molar-refractivity contribution in [1.82, 2.24) is 10.2 Å². The number of amides is 2. The highest BCUT2D eigenvalue weighted by molar-refractivity contribution is 5.93. The van der Waals surface area contributed by atoms with Gasteiger partial charge in [-0.15, -0.1) is 13.2 Å². The van der Waals surface area contributed by atoms with E-state index >= 15 is 0 Å². The van der Waals surface area contributed by atoms with Crippen LogP contribution in [-0.4, -0.2) is 59.6 Å². The highest BCUT2D eigenvalue weighted by atomic mass is 16.5. The molecule has 0 aliphatic heterocycles. The zero-order valence-corrected chi connectivity index (χ0v) is 18.0. The normalized spacial score (nSPS) is 23.0. The van der Waals surface area contributed by atoms with Gasteiger partial charge in [-0.25, -0.2) is 4.79 Å². The van der Waals surface area contributed by atoms with E-state index in [-0.39, 0.29) is 31.8 Å². The van der Waals surface area contributed by atoms with Crippen LogP contribution in [0.25, 0.3) is 0 Å². The largest absolute Gasteiger partial charge is 0.464 e. The van der Waals surface area contributed by atoms with Crippen LogP contribution in [0.2, 0.25) is 0 Å². The van der Waals surface area contributed by atoms with Crippen molar-refractivity contribution in [3.63, 3.8) is 0 Å². The van der Waals surface area contributed by atoms with Crippen molar-refractivity contribution in [1.29, 1.82) is 0 Å². The molecule has 0 radical (unpaired) electrons. The molecule has 1 unspecified atom stereocenters. The maximum Gasteiger partial charge on any atom is 0.335 e. The zero-order valence-electron chi connectivity index (χ0n) is 18.0. The van der Waals surface area contributed by atoms with Crippen molar-refractivity contribution in [2.24, 2.45) is 11.8 Å². The van der Waals surface area contributed by atoms with Crippen molar-refractivity contribution >= 4 is 17.8 Å². The molecule has 1 fully saturated rings. The Labute approximate surface area is 174 Å². The Morgan fingerprint density at radius 2 is 1.86 bits per heavy atom. The number of carbonyl (C=O) groups excluding carboxylic acids is 3. The number of aliphatic hydroxyl groups excluding tert-OH is 1. The molecule has 0 saturated heterocycles. The first-order valence-electron chi connectivity index (χ1n) is 10.4. The Morgan fingerprint density at radius 1 is 1.21 bits per heavy atom. The molecular weight excluding hydrogens is 372 g/mol. The predicted octanol–water partition coefficient (Wildman–Crippen LogP) is 2.20. The maximum absolute atomic E-state index is 13.0. The highest BCUT2D eigenvalue weighted by Gasteiger charge is 2.46. The maximum atomic E-state index is 13.0. The van der Waals surface area contributed by atoms with Gasteiger partial charge in [0.1, 0.15) is 0 Å². The van der Waals surface area contributed by atoms with Gasteiger partial charge in [-0.1, -0.05) is 19.1 Å². The van der Waals surface area contributed by atoms with Crippen molar-refractivity contribution in [3.05, 3.63) is 25.3 Å². The summed E-state index contributed by atoms with van der Waals surface area (Å²) in [5, 5.41) is 12.9. The number of aliphatic hydroxyl groups is 1. The second-order valence-electron chi connectivity index (χ2n) is 7.62. The lowest BCUT2D eigenvalue weighted by atomic mass is 9.90. The van der Waals surface area contributed by atoms with E-state index in [9.17, 15) is 19.5 Å². The second-order valence-corrected chi connectivity index (χ2v) is 7.62. The third kappa shape index (κ3) is 6.42. The average Bonchev–Trinajstić information content (AvgIpc) is 3.10. The summed E-state index contributed by atoms with van der Waals surface area (Å²) in [5.41, 5.74) is -1.34. The minimum atomic E-state index is -1.34. The van der Waals surface area contributed by atoms with Gasteiger partial charge in [-0.05, 0) is 45.4 Å². The molecule has 7 heteroatoms. The van der Waals surface area contributed by atoms with E-state index in [4.69, 9.17) is 4.74 Å². The number of hydrogen-bond acceptors (Lipinski definition) is 5. The SMILES string of the molecule is C=CCCCCN(C)C(=O)[C@@H]1C[C@H](O)C[C@H]1C(=O)NC(C=C)(CC)C(=O)OCC. The molecule has 0 bridgehead atoms. The fraction of sp³-hybridized carbons (Fsp3) is 0.682. The van der Waals surface area contributed by atoms with E-state index in [0.717, 1.165) is 19.3 Å². The molecule has 2 amide bonds. The number of esters is 1. The number of hydrogen-bond donors (Lipinski definition) is 2. The predicted molar refractivity (Wildman–Crippen MR) is 112 cm³/mol. The quantitative estimate of drug-likeness (QED) is 0.293. The molecule has 1 aliphatic carbocycles. The number of unbranched alkanes of at least 4 members (excludes halogenated alkanes) is 2. The molecule has 164 valence electrons. The number of nitrogens with zero attached hydrogens (tertiary/aromatic N) is 1. The van der Waals surface area contributed by atoms with Crippen LogP contribution in [0, 0.1) is 11.8 Å². The molecule has 7 nitrogen and oxygen atoms in total.